The lowest BCUT2D eigenvalue weighted by Gasteiger charge is -2.16. The largest absolute Gasteiger partial charge is 0.481 e. The van der Waals surface area contributed by atoms with Crippen molar-refractivity contribution in [3.8, 4) is 0 Å². The molecule has 0 heterocycles. The van der Waals surface area contributed by atoms with Gasteiger partial charge in [0.25, 0.3) is 0 Å². The number of hydrogen-bond acceptors (Lipinski definition) is 1. The molecule has 0 radical (unpaired) electrons. The van der Waals surface area contributed by atoms with Crippen LogP contribution >= 0.6 is 15.9 Å². The molecular weight excluding hydrogens is 275 g/mol. The van der Waals surface area contributed by atoms with Crippen LogP contribution in [0.15, 0.2) is 22.7 Å². The smallest absolute Gasteiger partial charge is 0.306 e. The van der Waals surface area contributed by atoms with E-state index in [1.807, 2.05) is 6.92 Å². The molecule has 0 spiro atoms. The number of benzene rings is 1. The van der Waals surface area contributed by atoms with Gasteiger partial charge in [-0.25, -0.2) is 4.39 Å². The third-order valence-corrected chi connectivity index (χ3v) is 3.70. The van der Waals surface area contributed by atoms with E-state index in [1.165, 1.54) is 6.07 Å². The van der Waals surface area contributed by atoms with E-state index in [0.29, 0.717) is 10.9 Å². The first-order valence-corrected chi connectivity index (χ1v) is 5.88. The van der Waals surface area contributed by atoms with Crippen molar-refractivity contribution >= 4 is 21.9 Å². The zero-order chi connectivity index (χ0) is 12.3. The molecule has 1 rings (SSSR count). The number of carbonyl (C=O) groups is 1. The number of carboxylic acids is 1. The minimum absolute atomic E-state index is 0.0319. The average molecular weight is 289 g/mol. The Morgan fingerprint density at radius 1 is 1.50 bits per heavy atom. The monoisotopic (exact) mass is 288 g/mol. The van der Waals surface area contributed by atoms with E-state index in [-0.39, 0.29) is 11.7 Å². The Morgan fingerprint density at radius 3 is 2.69 bits per heavy atom. The molecule has 16 heavy (non-hydrogen) atoms. The Labute approximate surface area is 103 Å². The maximum atomic E-state index is 13.2. The topological polar surface area (TPSA) is 37.3 Å². The number of carboxylic acid groups (broad SMARTS) is 1. The third-order valence-electron chi connectivity index (χ3n) is 2.82. The maximum absolute atomic E-state index is 13.2. The van der Waals surface area contributed by atoms with E-state index in [0.717, 1.165) is 5.56 Å². The Balaban J connectivity index is 2.81. The lowest BCUT2D eigenvalue weighted by atomic mass is 9.90. The Bertz CT molecular complexity index is 393. The fourth-order valence-corrected chi connectivity index (χ4v) is 1.90. The molecule has 2 nitrogen and oxygen atoms in total. The Kier molecular flexibility index (Phi) is 4.47. The van der Waals surface area contributed by atoms with Gasteiger partial charge in [0, 0.05) is 0 Å². The van der Waals surface area contributed by atoms with Crippen LogP contribution in [0, 0.1) is 17.7 Å². The van der Waals surface area contributed by atoms with Gasteiger partial charge in [-0.2, -0.15) is 0 Å². The van der Waals surface area contributed by atoms with Crippen molar-refractivity contribution in [3.63, 3.8) is 0 Å². The summed E-state index contributed by atoms with van der Waals surface area (Å²) >= 11 is 3.17. The van der Waals surface area contributed by atoms with Gasteiger partial charge in [-0.3, -0.25) is 4.79 Å². The van der Waals surface area contributed by atoms with Crippen LogP contribution in [0.3, 0.4) is 0 Å². The second-order valence-electron chi connectivity index (χ2n) is 4.02. The minimum Gasteiger partial charge on any atom is -0.481 e. The van der Waals surface area contributed by atoms with Gasteiger partial charge < -0.3 is 5.11 Å². The molecule has 0 aliphatic rings. The number of halogens is 2. The zero-order valence-corrected chi connectivity index (χ0v) is 10.8. The normalized spacial score (nSPS) is 14.5. The summed E-state index contributed by atoms with van der Waals surface area (Å²) in [5, 5.41) is 8.87. The molecule has 0 aromatic heterocycles. The standard InChI is InChI=1S/C12H14BrFO2/c1-7(8(2)12(15)16)6-9-4-3-5-10(14)11(9)13/h3-5,7-8H,6H2,1-2H3,(H,15,16). The quantitative estimate of drug-likeness (QED) is 0.921. The van der Waals surface area contributed by atoms with Crippen molar-refractivity contribution in [1.29, 1.82) is 0 Å². The molecule has 0 aliphatic carbocycles. The summed E-state index contributed by atoms with van der Waals surface area (Å²) in [6.45, 7) is 3.52. The fourth-order valence-electron chi connectivity index (χ4n) is 1.47. The summed E-state index contributed by atoms with van der Waals surface area (Å²) in [4.78, 5) is 10.8. The molecule has 0 saturated heterocycles. The highest BCUT2D eigenvalue weighted by molar-refractivity contribution is 9.10. The molecule has 0 bridgehead atoms. The van der Waals surface area contributed by atoms with Crippen LogP contribution in [-0.4, -0.2) is 11.1 Å². The molecule has 1 aromatic rings. The summed E-state index contributed by atoms with van der Waals surface area (Å²) in [5.74, 6) is -1.60. The fraction of sp³-hybridized carbons (Fsp3) is 0.417. The zero-order valence-electron chi connectivity index (χ0n) is 9.21. The first kappa shape index (κ1) is 13.2. The maximum Gasteiger partial charge on any atom is 0.306 e. The van der Waals surface area contributed by atoms with Crippen LogP contribution in [-0.2, 0) is 11.2 Å². The third kappa shape index (κ3) is 3.04. The summed E-state index contributed by atoms with van der Waals surface area (Å²) < 4.78 is 13.7. The molecule has 88 valence electrons. The van der Waals surface area contributed by atoms with Gasteiger partial charge in [-0.05, 0) is 39.9 Å². The average Bonchev–Trinajstić information content (AvgIpc) is 2.23. The number of hydrogen-bond donors (Lipinski definition) is 1. The van der Waals surface area contributed by atoms with Crippen LogP contribution in [0.25, 0.3) is 0 Å². The van der Waals surface area contributed by atoms with Gasteiger partial charge in [-0.15, -0.1) is 0 Å². The van der Waals surface area contributed by atoms with Crippen molar-refractivity contribution in [2.75, 3.05) is 0 Å². The first-order valence-electron chi connectivity index (χ1n) is 5.09. The van der Waals surface area contributed by atoms with Crippen LogP contribution in [0.5, 0.6) is 0 Å². The SMILES string of the molecule is CC(Cc1cccc(F)c1Br)C(C)C(=O)O. The highest BCUT2D eigenvalue weighted by Crippen LogP contribution is 2.25. The van der Waals surface area contributed by atoms with E-state index >= 15 is 0 Å². The highest BCUT2D eigenvalue weighted by atomic mass is 79.9. The predicted molar refractivity (Wildman–Crippen MR) is 63.8 cm³/mol. The molecule has 2 atom stereocenters. The Morgan fingerprint density at radius 2 is 2.12 bits per heavy atom. The van der Waals surface area contributed by atoms with E-state index in [4.69, 9.17) is 5.11 Å². The van der Waals surface area contributed by atoms with Crippen molar-refractivity contribution in [1.82, 2.24) is 0 Å². The van der Waals surface area contributed by atoms with Gasteiger partial charge in [0.05, 0.1) is 10.4 Å². The molecule has 0 amide bonds. The second-order valence-corrected chi connectivity index (χ2v) is 4.81. The first-order chi connectivity index (χ1) is 7.43. The van der Waals surface area contributed by atoms with Crippen LogP contribution in [0.4, 0.5) is 4.39 Å². The predicted octanol–water partition coefficient (Wildman–Crippen LogP) is 3.49. The van der Waals surface area contributed by atoms with Crippen LogP contribution in [0.2, 0.25) is 0 Å². The molecule has 1 aromatic carbocycles. The van der Waals surface area contributed by atoms with E-state index < -0.39 is 11.9 Å². The number of rotatable bonds is 4. The Hall–Kier alpha value is -0.900. The summed E-state index contributed by atoms with van der Waals surface area (Å²) in [6, 6.07) is 4.81. The minimum atomic E-state index is -0.819. The lowest BCUT2D eigenvalue weighted by molar-refractivity contribution is -0.142. The van der Waals surface area contributed by atoms with E-state index in [1.54, 1.807) is 19.1 Å². The molecule has 2 unspecified atom stereocenters. The second kappa shape index (κ2) is 5.43. The summed E-state index contributed by atoms with van der Waals surface area (Å²) in [7, 11) is 0. The van der Waals surface area contributed by atoms with Crippen molar-refractivity contribution < 1.29 is 14.3 Å². The number of aliphatic carboxylic acids is 1. The summed E-state index contributed by atoms with van der Waals surface area (Å²) in [6.07, 6.45) is 0.547. The van der Waals surface area contributed by atoms with Gasteiger partial charge in [0.15, 0.2) is 0 Å². The molecule has 4 heteroatoms. The highest BCUT2D eigenvalue weighted by Gasteiger charge is 2.20. The van der Waals surface area contributed by atoms with Gasteiger partial charge in [0.2, 0.25) is 0 Å². The van der Waals surface area contributed by atoms with E-state index in [9.17, 15) is 9.18 Å². The molecule has 1 N–H and O–H groups in total. The summed E-state index contributed by atoms with van der Waals surface area (Å²) in [5.41, 5.74) is 0.806. The van der Waals surface area contributed by atoms with Crippen LogP contribution in [0.1, 0.15) is 19.4 Å². The molecule has 0 aliphatic heterocycles. The lowest BCUT2D eigenvalue weighted by Crippen LogP contribution is -2.20. The molecule has 0 fully saturated rings. The van der Waals surface area contributed by atoms with Gasteiger partial charge >= 0.3 is 5.97 Å². The van der Waals surface area contributed by atoms with Gasteiger partial charge in [-0.1, -0.05) is 26.0 Å². The molecular formula is C12H14BrFO2. The van der Waals surface area contributed by atoms with Crippen molar-refractivity contribution in [2.45, 2.75) is 20.3 Å². The van der Waals surface area contributed by atoms with Crippen molar-refractivity contribution in [2.24, 2.45) is 11.8 Å². The van der Waals surface area contributed by atoms with Gasteiger partial charge in [0.1, 0.15) is 5.82 Å². The van der Waals surface area contributed by atoms with E-state index in [2.05, 4.69) is 15.9 Å². The van der Waals surface area contributed by atoms with Crippen molar-refractivity contribution in [3.05, 3.63) is 34.1 Å². The van der Waals surface area contributed by atoms with Crippen LogP contribution < -0.4 is 0 Å². The molecule has 0 saturated carbocycles.